The van der Waals surface area contributed by atoms with Gasteiger partial charge in [0, 0.05) is 20.0 Å². The van der Waals surface area contributed by atoms with Gasteiger partial charge in [-0.05, 0) is 18.1 Å². The zero-order chi connectivity index (χ0) is 12.7. The Bertz CT molecular complexity index is 365. The maximum atomic E-state index is 11.5. The van der Waals surface area contributed by atoms with Gasteiger partial charge in [-0.15, -0.1) is 0 Å². The molecule has 0 radical (unpaired) electrons. The van der Waals surface area contributed by atoms with E-state index in [0.29, 0.717) is 6.54 Å². The third kappa shape index (κ3) is 4.07. The maximum absolute atomic E-state index is 11.5. The molecule has 1 rings (SSSR count). The molecule has 1 aromatic carbocycles. The number of ether oxygens (including phenoxy) is 1. The zero-order valence-corrected chi connectivity index (χ0v) is 10.3. The van der Waals surface area contributed by atoms with Gasteiger partial charge in [0.05, 0.1) is 13.7 Å². The van der Waals surface area contributed by atoms with Crippen LogP contribution in [0.1, 0.15) is 12.0 Å². The summed E-state index contributed by atoms with van der Waals surface area (Å²) >= 11 is 0. The van der Waals surface area contributed by atoms with E-state index in [0.717, 1.165) is 17.7 Å². The van der Waals surface area contributed by atoms with Gasteiger partial charge in [-0.1, -0.05) is 18.2 Å². The number of para-hydroxylation sites is 1. The van der Waals surface area contributed by atoms with E-state index in [1.807, 2.05) is 24.3 Å². The van der Waals surface area contributed by atoms with Crippen LogP contribution >= 0.6 is 0 Å². The van der Waals surface area contributed by atoms with Gasteiger partial charge >= 0.3 is 0 Å². The van der Waals surface area contributed by atoms with Gasteiger partial charge in [0.1, 0.15) is 5.75 Å². The van der Waals surface area contributed by atoms with Crippen molar-refractivity contribution >= 4 is 5.91 Å². The number of likely N-dealkylation sites (N-methyl/N-ethyl adjacent to an activating group) is 1. The topological polar surface area (TPSA) is 49.8 Å². The highest BCUT2D eigenvalue weighted by atomic mass is 16.5. The molecule has 0 spiro atoms. The summed E-state index contributed by atoms with van der Waals surface area (Å²) in [7, 11) is 3.38. The summed E-state index contributed by atoms with van der Waals surface area (Å²) in [5, 5.41) is 8.69. The molecule has 1 amide bonds. The quantitative estimate of drug-likeness (QED) is 0.805. The molecule has 0 saturated heterocycles. The van der Waals surface area contributed by atoms with Crippen LogP contribution in [0, 0.1) is 0 Å². The Labute approximate surface area is 102 Å². The van der Waals surface area contributed by atoms with Gasteiger partial charge in [0.15, 0.2) is 0 Å². The normalized spacial score (nSPS) is 10.1. The van der Waals surface area contributed by atoms with E-state index >= 15 is 0 Å². The minimum atomic E-state index is -0.0994. The van der Waals surface area contributed by atoms with Gasteiger partial charge in [-0.25, -0.2) is 0 Å². The summed E-state index contributed by atoms with van der Waals surface area (Å²) in [5.41, 5.74) is 1.08. The number of hydrogen-bond donors (Lipinski definition) is 1. The van der Waals surface area contributed by atoms with Crippen LogP contribution in [0.15, 0.2) is 24.3 Å². The first-order valence-corrected chi connectivity index (χ1v) is 5.65. The summed E-state index contributed by atoms with van der Waals surface area (Å²) in [6.07, 6.45) is 0.931. The first kappa shape index (κ1) is 13.5. The second-order valence-corrected chi connectivity index (χ2v) is 3.85. The number of nitrogens with zero attached hydrogens (tertiary/aromatic N) is 1. The molecule has 94 valence electrons. The highest BCUT2D eigenvalue weighted by Gasteiger charge is 2.09. The molecule has 1 N–H and O–H groups in total. The van der Waals surface area contributed by atoms with Crippen LogP contribution < -0.4 is 4.74 Å². The number of rotatable bonds is 6. The average molecular weight is 237 g/mol. The highest BCUT2D eigenvalue weighted by molar-refractivity contribution is 5.75. The SMILES string of the molecule is COc1ccccc1CCN(C)C(=O)CCO. The monoisotopic (exact) mass is 237 g/mol. The summed E-state index contributed by atoms with van der Waals surface area (Å²) in [5.74, 6) is 0.804. The molecule has 0 atom stereocenters. The molecule has 0 aliphatic rings. The number of aliphatic hydroxyl groups is 1. The van der Waals surface area contributed by atoms with Crippen molar-refractivity contribution in [3.8, 4) is 5.75 Å². The van der Waals surface area contributed by atoms with E-state index in [4.69, 9.17) is 9.84 Å². The van der Waals surface area contributed by atoms with E-state index in [2.05, 4.69) is 0 Å². The minimum absolute atomic E-state index is 0.0394. The molecule has 17 heavy (non-hydrogen) atoms. The van der Waals surface area contributed by atoms with Crippen LogP contribution in [0.3, 0.4) is 0 Å². The van der Waals surface area contributed by atoms with Crippen molar-refractivity contribution < 1.29 is 14.6 Å². The Balaban J connectivity index is 2.52. The largest absolute Gasteiger partial charge is 0.496 e. The van der Waals surface area contributed by atoms with Crippen molar-refractivity contribution in [2.45, 2.75) is 12.8 Å². The Morgan fingerprint density at radius 3 is 2.76 bits per heavy atom. The number of carbonyl (C=O) groups excluding carboxylic acids is 1. The van der Waals surface area contributed by atoms with E-state index in [-0.39, 0.29) is 18.9 Å². The first-order valence-electron chi connectivity index (χ1n) is 5.65. The van der Waals surface area contributed by atoms with E-state index < -0.39 is 0 Å². The fourth-order valence-electron chi connectivity index (χ4n) is 1.61. The lowest BCUT2D eigenvalue weighted by molar-refractivity contribution is -0.130. The van der Waals surface area contributed by atoms with Crippen molar-refractivity contribution in [3.63, 3.8) is 0 Å². The lowest BCUT2D eigenvalue weighted by Gasteiger charge is -2.17. The second kappa shape index (κ2) is 6.91. The van der Waals surface area contributed by atoms with Crippen molar-refractivity contribution in [2.24, 2.45) is 0 Å². The molecular formula is C13H19NO3. The molecule has 0 fully saturated rings. The Hall–Kier alpha value is -1.55. The molecule has 0 bridgehead atoms. The molecule has 0 saturated carbocycles. The van der Waals surface area contributed by atoms with Gasteiger partial charge < -0.3 is 14.7 Å². The molecule has 0 aliphatic carbocycles. The fraction of sp³-hybridized carbons (Fsp3) is 0.462. The molecule has 0 heterocycles. The molecule has 4 nitrogen and oxygen atoms in total. The summed E-state index contributed by atoms with van der Waals surface area (Å²) in [6, 6.07) is 7.77. The van der Waals surface area contributed by atoms with E-state index in [1.165, 1.54) is 0 Å². The van der Waals surface area contributed by atoms with Crippen molar-refractivity contribution in [1.82, 2.24) is 4.90 Å². The van der Waals surface area contributed by atoms with Crippen LogP contribution in [0.5, 0.6) is 5.75 Å². The zero-order valence-electron chi connectivity index (χ0n) is 10.3. The van der Waals surface area contributed by atoms with Crippen LogP contribution in [-0.2, 0) is 11.2 Å². The first-order chi connectivity index (χ1) is 8.19. The van der Waals surface area contributed by atoms with Crippen LogP contribution in [0.4, 0.5) is 0 Å². The molecular weight excluding hydrogens is 218 g/mol. The molecule has 1 aromatic rings. The number of amides is 1. The highest BCUT2D eigenvalue weighted by Crippen LogP contribution is 2.17. The molecule has 4 heteroatoms. The Morgan fingerprint density at radius 1 is 1.41 bits per heavy atom. The predicted molar refractivity (Wildman–Crippen MR) is 66.0 cm³/mol. The summed E-state index contributed by atoms with van der Waals surface area (Å²) in [4.78, 5) is 13.1. The molecule has 0 aliphatic heterocycles. The predicted octanol–water partition coefficient (Wildman–Crippen LogP) is 1.08. The lowest BCUT2D eigenvalue weighted by atomic mass is 10.1. The smallest absolute Gasteiger partial charge is 0.224 e. The van der Waals surface area contributed by atoms with Gasteiger partial charge in [-0.2, -0.15) is 0 Å². The Morgan fingerprint density at radius 2 is 2.12 bits per heavy atom. The van der Waals surface area contributed by atoms with E-state index in [9.17, 15) is 4.79 Å². The maximum Gasteiger partial charge on any atom is 0.224 e. The number of hydrogen-bond acceptors (Lipinski definition) is 3. The number of methoxy groups -OCH3 is 1. The third-order valence-corrected chi connectivity index (χ3v) is 2.66. The third-order valence-electron chi connectivity index (χ3n) is 2.66. The van der Waals surface area contributed by atoms with Gasteiger partial charge in [-0.3, -0.25) is 4.79 Å². The Kier molecular flexibility index (Phi) is 5.49. The summed E-state index contributed by atoms with van der Waals surface area (Å²) in [6.45, 7) is 0.525. The van der Waals surface area contributed by atoms with Gasteiger partial charge in [0.2, 0.25) is 5.91 Å². The number of aliphatic hydroxyl groups excluding tert-OH is 1. The fourth-order valence-corrected chi connectivity index (χ4v) is 1.61. The number of benzene rings is 1. The lowest BCUT2D eigenvalue weighted by Crippen LogP contribution is -2.29. The van der Waals surface area contributed by atoms with E-state index in [1.54, 1.807) is 19.1 Å². The van der Waals surface area contributed by atoms with Crippen molar-refractivity contribution in [1.29, 1.82) is 0 Å². The standard InChI is InChI=1S/C13H19NO3/c1-14(13(16)8-10-15)9-7-11-5-3-4-6-12(11)17-2/h3-6,15H,7-10H2,1-2H3. The average Bonchev–Trinajstić information content (AvgIpc) is 2.36. The number of carbonyl (C=O) groups is 1. The molecule has 0 aromatic heterocycles. The van der Waals surface area contributed by atoms with Crippen LogP contribution in [-0.4, -0.2) is 43.2 Å². The molecule has 0 unspecified atom stereocenters. The van der Waals surface area contributed by atoms with Crippen molar-refractivity contribution in [3.05, 3.63) is 29.8 Å². The second-order valence-electron chi connectivity index (χ2n) is 3.85. The van der Waals surface area contributed by atoms with Crippen LogP contribution in [0.25, 0.3) is 0 Å². The van der Waals surface area contributed by atoms with Crippen molar-refractivity contribution in [2.75, 3.05) is 27.3 Å². The minimum Gasteiger partial charge on any atom is -0.496 e. The van der Waals surface area contributed by atoms with Crippen LogP contribution in [0.2, 0.25) is 0 Å². The van der Waals surface area contributed by atoms with Gasteiger partial charge in [0.25, 0.3) is 0 Å². The summed E-state index contributed by atoms with van der Waals surface area (Å²) < 4.78 is 5.24.